The monoisotopic (exact) mass is 414 g/mol. The Morgan fingerprint density at radius 2 is 2.07 bits per heavy atom. The Kier molecular flexibility index (Phi) is 4.57. The van der Waals surface area contributed by atoms with Crippen LogP contribution in [0.1, 0.15) is 33.6 Å². The van der Waals surface area contributed by atoms with E-state index in [-0.39, 0.29) is 35.1 Å². The maximum Gasteiger partial charge on any atom is 0.349 e. The van der Waals surface area contributed by atoms with Gasteiger partial charge in [0.1, 0.15) is 12.2 Å². The van der Waals surface area contributed by atoms with Gasteiger partial charge in [0.25, 0.3) is 0 Å². The van der Waals surface area contributed by atoms with E-state index in [1.165, 1.54) is 16.7 Å². The average molecular weight is 415 g/mol. The van der Waals surface area contributed by atoms with Gasteiger partial charge in [0, 0.05) is 5.75 Å². The van der Waals surface area contributed by atoms with Crippen molar-refractivity contribution in [3.63, 3.8) is 0 Å². The van der Waals surface area contributed by atoms with E-state index in [2.05, 4.69) is 9.97 Å². The molecule has 1 unspecified atom stereocenters. The van der Waals surface area contributed by atoms with Gasteiger partial charge in [-0.3, -0.25) is 19.8 Å². The topological polar surface area (TPSA) is 108 Å². The Morgan fingerprint density at radius 1 is 1.37 bits per heavy atom. The number of anilines is 1. The molecule has 4 atom stereocenters. The highest BCUT2D eigenvalue weighted by molar-refractivity contribution is 7.99. The van der Waals surface area contributed by atoms with Crippen LogP contribution in [-0.2, 0) is 14.3 Å². The maximum atomic E-state index is 13.0. The van der Waals surface area contributed by atoms with Gasteiger partial charge in [-0.25, -0.2) is 4.98 Å². The average Bonchev–Trinajstić information content (AvgIpc) is 3.18. The fraction of sp³-hybridized carbons (Fsp3) is 0.688. The molecule has 0 spiro atoms. The van der Waals surface area contributed by atoms with Crippen LogP contribution in [0.2, 0.25) is 5.15 Å². The molecule has 11 heteroatoms. The first kappa shape index (κ1) is 18.9. The molecule has 0 aromatic carbocycles. The summed E-state index contributed by atoms with van der Waals surface area (Å²) in [5.41, 5.74) is -0.451. The van der Waals surface area contributed by atoms with Crippen molar-refractivity contribution in [2.24, 2.45) is 5.92 Å². The lowest BCUT2D eigenvalue weighted by Gasteiger charge is -2.31. The highest BCUT2D eigenvalue weighted by atomic mass is 35.5. The van der Waals surface area contributed by atoms with E-state index in [4.69, 9.17) is 21.1 Å². The summed E-state index contributed by atoms with van der Waals surface area (Å²) in [6.07, 6.45) is 0.720. The Balaban J connectivity index is 1.75. The van der Waals surface area contributed by atoms with Crippen molar-refractivity contribution in [1.82, 2.24) is 9.97 Å². The predicted octanol–water partition coefficient (Wildman–Crippen LogP) is 2.80. The fourth-order valence-corrected chi connectivity index (χ4v) is 5.01. The van der Waals surface area contributed by atoms with Crippen LogP contribution in [0.5, 0.6) is 0 Å². The first-order valence-corrected chi connectivity index (χ1v) is 10.1. The Bertz CT molecular complexity index is 822. The maximum absolute atomic E-state index is 13.0. The lowest BCUT2D eigenvalue weighted by Crippen LogP contribution is -2.51. The van der Waals surface area contributed by atoms with Crippen molar-refractivity contribution >= 4 is 40.8 Å². The number of rotatable bonds is 5. The number of piperidine rings is 1. The van der Waals surface area contributed by atoms with Crippen LogP contribution in [-0.4, -0.2) is 50.6 Å². The molecule has 3 fully saturated rings. The van der Waals surface area contributed by atoms with Gasteiger partial charge < -0.3 is 9.47 Å². The minimum Gasteiger partial charge on any atom is -0.344 e. The standard InChI is InChI=1S/C16H19ClN4O5S/c1-4-5-27-15-18-12(17)9(21(23)24)13(19-15)20-8-6-7(14(20)22)10-11(8)26-16(2,3)25-10/h7-8,10-11H,4-6H2,1-3H3/t7-,8-,10?,11+/m1/s1. The predicted molar refractivity (Wildman–Crippen MR) is 97.9 cm³/mol. The van der Waals surface area contributed by atoms with Crippen molar-refractivity contribution in [3.8, 4) is 0 Å². The van der Waals surface area contributed by atoms with Crippen LogP contribution in [0, 0.1) is 16.0 Å². The molecule has 2 saturated heterocycles. The van der Waals surface area contributed by atoms with Gasteiger partial charge in [-0.2, -0.15) is 4.98 Å². The van der Waals surface area contributed by atoms with E-state index in [1.807, 2.05) is 6.92 Å². The molecule has 1 saturated carbocycles. The number of carbonyl (C=O) groups excluding carboxylic acids is 1. The molecule has 146 valence electrons. The van der Waals surface area contributed by atoms with E-state index in [0.29, 0.717) is 11.6 Å². The number of nitrogens with zero attached hydrogens (tertiary/aromatic N) is 4. The summed E-state index contributed by atoms with van der Waals surface area (Å²) >= 11 is 7.44. The molecule has 1 aliphatic carbocycles. The quantitative estimate of drug-likeness (QED) is 0.238. The van der Waals surface area contributed by atoms with Crippen molar-refractivity contribution in [3.05, 3.63) is 15.3 Å². The third kappa shape index (κ3) is 2.98. The zero-order chi connectivity index (χ0) is 19.5. The lowest BCUT2D eigenvalue weighted by molar-refractivity contribution is -0.384. The summed E-state index contributed by atoms with van der Waals surface area (Å²) < 4.78 is 11.8. The van der Waals surface area contributed by atoms with Crippen molar-refractivity contribution < 1.29 is 19.2 Å². The van der Waals surface area contributed by atoms with Crippen LogP contribution in [0.4, 0.5) is 11.5 Å². The summed E-state index contributed by atoms with van der Waals surface area (Å²) in [4.78, 5) is 33.7. The number of hydrogen-bond acceptors (Lipinski definition) is 8. The number of ether oxygens (including phenoxy) is 2. The minimum atomic E-state index is -0.792. The highest BCUT2D eigenvalue weighted by Crippen LogP contribution is 2.51. The summed E-state index contributed by atoms with van der Waals surface area (Å²) in [5.74, 6) is -0.750. The molecule has 1 aromatic heterocycles. The molecule has 2 aliphatic heterocycles. The SMILES string of the molecule is CCCSc1nc(Cl)c([N+](=O)[O-])c(N2C(=O)[C@@H]3C[C@@H]2[C@@H]2OC(C)(C)OC23)n1. The van der Waals surface area contributed by atoms with E-state index in [1.54, 1.807) is 13.8 Å². The third-order valence-corrected chi connectivity index (χ3v) is 6.29. The first-order chi connectivity index (χ1) is 12.7. The van der Waals surface area contributed by atoms with Gasteiger partial charge in [-0.1, -0.05) is 30.3 Å². The second-order valence-corrected chi connectivity index (χ2v) is 8.68. The van der Waals surface area contributed by atoms with Gasteiger partial charge in [0.2, 0.25) is 16.9 Å². The third-order valence-electron chi connectivity index (χ3n) is 4.97. The normalized spacial score (nSPS) is 30.8. The van der Waals surface area contributed by atoms with Crippen molar-refractivity contribution in [1.29, 1.82) is 0 Å². The van der Waals surface area contributed by atoms with Crippen molar-refractivity contribution in [2.75, 3.05) is 10.7 Å². The molecular formula is C16H19ClN4O5S. The molecular weight excluding hydrogens is 396 g/mol. The van der Waals surface area contributed by atoms with Gasteiger partial charge in [-0.15, -0.1) is 0 Å². The van der Waals surface area contributed by atoms with E-state index in [0.717, 1.165) is 12.2 Å². The number of aromatic nitrogens is 2. The molecule has 9 nitrogen and oxygen atoms in total. The van der Waals surface area contributed by atoms with Gasteiger partial charge in [0.15, 0.2) is 10.9 Å². The Morgan fingerprint density at radius 3 is 2.74 bits per heavy atom. The number of carbonyl (C=O) groups is 1. The van der Waals surface area contributed by atoms with E-state index in [9.17, 15) is 14.9 Å². The van der Waals surface area contributed by atoms with Crippen LogP contribution in [0.15, 0.2) is 5.16 Å². The molecule has 2 bridgehead atoms. The van der Waals surface area contributed by atoms with Gasteiger partial charge in [0.05, 0.1) is 16.9 Å². The zero-order valence-corrected chi connectivity index (χ0v) is 16.6. The number of nitro groups is 1. The number of hydrogen-bond donors (Lipinski definition) is 0. The van der Waals surface area contributed by atoms with E-state index >= 15 is 0 Å². The molecule has 0 N–H and O–H groups in total. The molecule has 27 heavy (non-hydrogen) atoms. The van der Waals surface area contributed by atoms with Crippen LogP contribution >= 0.6 is 23.4 Å². The zero-order valence-electron chi connectivity index (χ0n) is 15.0. The molecule has 3 heterocycles. The highest BCUT2D eigenvalue weighted by Gasteiger charge is 2.65. The summed E-state index contributed by atoms with van der Waals surface area (Å²) in [5, 5.41) is 11.7. The second-order valence-electron chi connectivity index (χ2n) is 7.26. The molecule has 0 radical (unpaired) electrons. The minimum absolute atomic E-state index is 0.0529. The first-order valence-electron chi connectivity index (χ1n) is 8.77. The summed E-state index contributed by atoms with van der Waals surface area (Å²) in [6.45, 7) is 5.59. The molecule has 1 amide bonds. The number of thioether (sulfide) groups is 1. The molecule has 4 rings (SSSR count). The van der Waals surface area contributed by atoms with Crippen molar-refractivity contribution in [2.45, 2.75) is 62.8 Å². The van der Waals surface area contributed by atoms with Gasteiger partial charge in [-0.05, 0) is 26.7 Å². The summed E-state index contributed by atoms with van der Waals surface area (Å²) in [7, 11) is 0. The number of fused-ring (bicyclic) bond motifs is 5. The van der Waals surface area contributed by atoms with E-state index < -0.39 is 22.3 Å². The molecule has 3 aliphatic rings. The Labute approximate surface area is 164 Å². The molecule has 1 aromatic rings. The smallest absolute Gasteiger partial charge is 0.344 e. The number of amides is 1. The summed E-state index contributed by atoms with van der Waals surface area (Å²) in [6, 6.07) is -0.372. The van der Waals surface area contributed by atoms with Gasteiger partial charge >= 0.3 is 5.69 Å². The van der Waals surface area contributed by atoms with Crippen LogP contribution < -0.4 is 4.90 Å². The van der Waals surface area contributed by atoms with Crippen LogP contribution in [0.3, 0.4) is 0 Å². The van der Waals surface area contributed by atoms with Crippen LogP contribution in [0.25, 0.3) is 0 Å². The largest absolute Gasteiger partial charge is 0.349 e. The second kappa shape index (κ2) is 6.54. The number of halogens is 1. The Hall–Kier alpha value is -1.49. The lowest BCUT2D eigenvalue weighted by atomic mass is 10.0. The fourth-order valence-electron chi connectivity index (χ4n) is 4.03.